The number of hydrogen-bond acceptors (Lipinski definition) is 7. The summed E-state index contributed by atoms with van der Waals surface area (Å²) in [5, 5.41) is 8.15. The number of rotatable bonds is 5. The second kappa shape index (κ2) is 10.9. The molecule has 0 aliphatic carbocycles. The third kappa shape index (κ3) is 5.14. The molecular weight excluding hydrogens is 490 g/mol. The minimum atomic E-state index is -0.833. The molecule has 1 aliphatic rings. The number of methoxy groups -OCH3 is 1. The molecule has 198 valence electrons. The van der Waals surface area contributed by atoms with Gasteiger partial charge < -0.3 is 30.0 Å². The number of fused-ring (bicyclic) bond motifs is 3. The van der Waals surface area contributed by atoms with E-state index in [2.05, 4.69) is 4.98 Å². The summed E-state index contributed by atoms with van der Waals surface area (Å²) in [6.07, 6.45) is 3.39. The van der Waals surface area contributed by atoms with Crippen molar-refractivity contribution in [2.24, 2.45) is 5.73 Å². The SMILES string of the molecule is CC(=O)O.COC(=O)c1ccc2c(c1)c(-c1nc3cc4c(cc3[nH]c1=O)N(C(C)=O)CC4)cn2CCCN. The molecule has 11 nitrogen and oxygen atoms in total. The summed E-state index contributed by atoms with van der Waals surface area (Å²) in [5.41, 5.74) is 10.6. The Labute approximate surface area is 217 Å². The number of H-pyrrole nitrogens is 1. The van der Waals surface area contributed by atoms with Crippen molar-refractivity contribution in [3.63, 3.8) is 0 Å². The van der Waals surface area contributed by atoms with Crippen LogP contribution < -0.4 is 16.2 Å². The summed E-state index contributed by atoms with van der Waals surface area (Å²) >= 11 is 0. The van der Waals surface area contributed by atoms with Crippen molar-refractivity contribution in [3.05, 3.63) is 58.0 Å². The molecule has 4 aromatic rings. The first kappa shape index (κ1) is 26.6. The third-order valence-corrected chi connectivity index (χ3v) is 6.33. The highest BCUT2D eigenvalue weighted by atomic mass is 16.5. The van der Waals surface area contributed by atoms with Crippen LogP contribution in [0.2, 0.25) is 0 Å². The average Bonchev–Trinajstić information content (AvgIpc) is 3.45. The summed E-state index contributed by atoms with van der Waals surface area (Å²) in [6.45, 7) is 4.44. The normalized spacial score (nSPS) is 12.3. The zero-order valence-electron chi connectivity index (χ0n) is 21.4. The molecule has 0 saturated heterocycles. The summed E-state index contributed by atoms with van der Waals surface area (Å²) in [7, 11) is 1.33. The third-order valence-electron chi connectivity index (χ3n) is 6.33. The van der Waals surface area contributed by atoms with Crippen LogP contribution in [0, 0.1) is 0 Å². The lowest BCUT2D eigenvalue weighted by atomic mass is 10.1. The number of carbonyl (C=O) groups is 3. The van der Waals surface area contributed by atoms with E-state index >= 15 is 0 Å². The highest BCUT2D eigenvalue weighted by Gasteiger charge is 2.24. The summed E-state index contributed by atoms with van der Waals surface area (Å²) < 4.78 is 6.90. The smallest absolute Gasteiger partial charge is 0.337 e. The van der Waals surface area contributed by atoms with E-state index in [9.17, 15) is 14.4 Å². The van der Waals surface area contributed by atoms with Gasteiger partial charge in [-0.05, 0) is 55.3 Å². The number of benzene rings is 2. The molecule has 0 spiro atoms. The second-order valence-electron chi connectivity index (χ2n) is 8.95. The number of nitrogens with one attached hydrogen (secondary N) is 1. The van der Waals surface area contributed by atoms with Crippen LogP contribution in [0.25, 0.3) is 33.2 Å². The van der Waals surface area contributed by atoms with Crippen molar-refractivity contribution in [2.75, 3.05) is 25.1 Å². The predicted molar refractivity (Wildman–Crippen MR) is 143 cm³/mol. The van der Waals surface area contributed by atoms with Gasteiger partial charge in [-0.3, -0.25) is 14.4 Å². The topological polar surface area (TPSA) is 161 Å². The first-order valence-corrected chi connectivity index (χ1v) is 12.1. The molecule has 0 unspecified atom stereocenters. The number of carbonyl (C=O) groups excluding carboxylic acids is 2. The van der Waals surface area contributed by atoms with Crippen LogP contribution in [0.15, 0.2) is 41.3 Å². The number of aromatic nitrogens is 3. The lowest BCUT2D eigenvalue weighted by molar-refractivity contribution is -0.134. The van der Waals surface area contributed by atoms with Crippen LogP contribution in [-0.2, 0) is 27.3 Å². The van der Waals surface area contributed by atoms with Crippen molar-refractivity contribution in [3.8, 4) is 11.3 Å². The van der Waals surface area contributed by atoms with Crippen LogP contribution in [-0.4, -0.2) is 57.7 Å². The van der Waals surface area contributed by atoms with Crippen LogP contribution in [0.3, 0.4) is 0 Å². The van der Waals surface area contributed by atoms with Gasteiger partial charge in [-0.25, -0.2) is 9.78 Å². The Kier molecular flexibility index (Phi) is 7.58. The molecule has 0 atom stereocenters. The lowest BCUT2D eigenvalue weighted by Gasteiger charge is -2.15. The van der Waals surface area contributed by atoms with Crippen LogP contribution >= 0.6 is 0 Å². The number of aliphatic carboxylic acids is 1. The van der Waals surface area contributed by atoms with Gasteiger partial charge in [0.25, 0.3) is 11.5 Å². The molecule has 5 rings (SSSR count). The van der Waals surface area contributed by atoms with Crippen molar-refractivity contribution in [1.82, 2.24) is 14.5 Å². The van der Waals surface area contributed by atoms with Gasteiger partial charge in [0.15, 0.2) is 0 Å². The number of ether oxygens (including phenoxy) is 1. The van der Waals surface area contributed by atoms with Gasteiger partial charge in [0.1, 0.15) is 5.69 Å². The number of carboxylic acid groups (broad SMARTS) is 1. The lowest BCUT2D eigenvalue weighted by Crippen LogP contribution is -2.25. The molecule has 4 N–H and O–H groups in total. The minimum absolute atomic E-state index is 0.0308. The Bertz CT molecular complexity index is 1620. The predicted octanol–water partition coefficient (Wildman–Crippen LogP) is 2.68. The zero-order chi connectivity index (χ0) is 27.6. The van der Waals surface area contributed by atoms with Gasteiger partial charge in [0.2, 0.25) is 5.91 Å². The Hall–Kier alpha value is -4.51. The van der Waals surface area contributed by atoms with Gasteiger partial charge in [0, 0.05) is 55.3 Å². The van der Waals surface area contributed by atoms with E-state index in [0.717, 1.165) is 41.9 Å². The average molecular weight is 520 g/mol. The van der Waals surface area contributed by atoms with E-state index in [0.29, 0.717) is 41.8 Å². The number of nitrogens with zero attached hydrogens (tertiary/aromatic N) is 3. The minimum Gasteiger partial charge on any atom is -0.481 e. The highest BCUT2D eigenvalue weighted by Crippen LogP contribution is 2.33. The maximum Gasteiger partial charge on any atom is 0.337 e. The quantitative estimate of drug-likeness (QED) is 0.339. The molecule has 1 amide bonds. The Morgan fingerprint density at radius 2 is 1.92 bits per heavy atom. The van der Waals surface area contributed by atoms with Gasteiger partial charge in [-0.1, -0.05) is 0 Å². The Morgan fingerprint density at radius 3 is 2.58 bits per heavy atom. The van der Waals surface area contributed by atoms with Crippen LogP contribution in [0.4, 0.5) is 5.69 Å². The maximum absolute atomic E-state index is 13.2. The van der Waals surface area contributed by atoms with Gasteiger partial charge in [0.05, 0.1) is 23.7 Å². The fourth-order valence-electron chi connectivity index (χ4n) is 4.66. The van der Waals surface area contributed by atoms with E-state index < -0.39 is 11.9 Å². The number of amides is 1. The number of anilines is 1. The van der Waals surface area contributed by atoms with E-state index in [1.165, 1.54) is 14.0 Å². The Morgan fingerprint density at radius 1 is 1.18 bits per heavy atom. The summed E-state index contributed by atoms with van der Waals surface area (Å²) in [5.74, 6) is -1.31. The van der Waals surface area contributed by atoms with E-state index in [1.807, 2.05) is 29.0 Å². The summed E-state index contributed by atoms with van der Waals surface area (Å²) in [6, 6.07) is 9.03. The van der Waals surface area contributed by atoms with E-state index in [-0.39, 0.29) is 17.2 Å². The molecule has 0 radical (unpaired) electrons. The Balaban J connectivity index is 0.000000786. The zero-order valence-corrected chi connectivity index (χ0v) is 21.4. The monoisotopic (exact) mass is 519 g/mol. The fraction of sp³-hybridized carbons (Fsp3) is 0.296. The van der Waals surface area contributed by atoms with Gasteiger partial charge in [-0.15, -0.1) is 0 Å². The number of nitrogens with two attached hydrogens (primary N) is 1. The second-order valence-corrected chi connectivity index (χ2v) is 8.95. The largest absolute Gasteiger partial charge is 0.481 e. The number of aryl methyl sites for hydroxylation is 1. The number of aromatic amines is 1. The molecule has 1 aliphatic heterocycles. The molecule has 0 bridgehead atoms. The number of carboxylic acids is 1. The van der Waals surface area contributed by atoms with E-state index in [1.54, 1.807) is 17.0 Å². The van der Waals surface area contributed by atoms with Crippen molar-refractivity contribution >= 4 is 45.5 Å². The fourth-order valence-corrected chi connectivity index (χ4v) is 4.66. The van der Waals surface area contributed by atoms with Gasteiger partial charge >= 0.3 is 5.97 Å². The molecule has 2 aromatic heterocycles. The van der Waals surface area contributed by atoms with Crippen LogP contribution in [0.5, 0.6) is 0 Å². The molecule has 38 heavy (non-hydrogen) atoms. The molecular formula is C27H29N5O6. The number of esters is 1. The molecule has 0 fully saturated rings. The van der Waals surface area contributed by atoms with Crippen molar-refractivity contribution < 1.29 is 24.2 Å². The number of hydrogen-bond donors (Lipinski definition) is 3. The first-order valence-electron chi connectivity index (χ1n) is 12.1. The van der Waals surface area contributed by atoms with Crippen molar-refractivity contribution in [1.29, 1.82) is 0 Å². The van der Waals surface area contributed by atoms with E-state index in [4.69, 9.17) is 25.4 Å². The molecule has 3 heterocycles. The van der Waals surface area contributed by atoms with Crippen molar-refractivity contribution in [2.45, 2.75) is 33.2 Å². The van der Waals surface area contributed by atoms with Crippen LogP contribution in [0.1, 0.15) is 36.2 Å². The molecule has 11 heteroatoms. The standard InChI is InChI=1S/C25H25N5O4.C2H4O2/c1-14(31)30-9-6-15-11-19-20(12-22(15)30)28-24(32)23(27-19)18-13-29(8-3-7-26)21-5-4-16(10-17(18)21)25(33)34-2;1-2(3)4/h4-5,10-13H,3,6-9,26H2,1-2H3,(H,28,32);1H3,(H,3,4). The summed E-state index contributed by atoms with van der Waals surface area (Å²) in [4.78, 5) is 55.6. The molecule has 2 aromatic carbocycles. The first-order chi connectivity index (χ1) is 18.1. The van der Waals surface area contributed by atoms with Gasteiger partial charge in [-0.2, -0.15) is 0 Å². The highest BCUT2D eigenvalue weighted by molar-refractivity contribution is 6.01. The maximum atomic E-state index is 13.2. The molecule has 0 saturated carbocycles.